The summed E-state index contributed by atoms with van der Waals surface area (Å²) in [5.41, 5.74) is 1.99. The monoisotopic (exact) mass is 341 g/mol. The zero-order chi connectivity index (χ0) is 17.8. The maximum Gasteiger partial charge on any atom is 0.255 e. The number of aryl methyl sites for hydroxylation is 1. The Hall–Kier alpha value is -2.63. The van der Waals surface area contributed by atoms with Crippen LogP contribution in [0.4, 0.5) is 0 Å². The van der Waals surface area contributed by atoms with Crippen LogP contribution >= 0.6 is 0 Å². The largest absolute Gasteiger partial charge is 0.463 e. The summed E-state index contributed by atoms with van der Waals surface area (Å²) in [6.07, 6.45) is 3.85. The van der Waals surface area contributed by atoms with E-state index in [1.807, 2.05) is 26.0 Å². The Bertz CT molecular complexity index is 755. The summed E-state index contributed by atoms with van der Waals surface area (Å²) >= 11 is 0. The van der Waals surface area contributed by atoms with Gasteiger partial charge in [-0.2, -0.15) is 0 Å². The van der Waals surface area contributed by atoms with Gasteiger partial charge in [-0.1, -0.05) is 6.92 Å². The quantitative estimate of drug-likeness (QED) is 0.928. The van der Waals surface area contributed by atoms with Gasteiger partial charge < -0.3 is 14.6 Å². The average Bonchev–Trinajstić information content (AvgIpc) is 3.16. The summed E-state index contributed by atoms with van der Waals surface area (Å²) in [5.74, 6) is 0.675. The molecule has 1 aliphatic rings. The molecule has 0 spiro atoms. The molecular formula is C19H23N3O3. The molecule has 0 unspecified atom stereocenters. The second-order valence-corrected chi connectivity index (χ2v) is 6.32. The number of piperidine rings is 1. The fourth-order valence-corrected chi connectivity index (χ4v) is 3.13. The number of hydrogen-bond acceptors (Lipinski definition) is 4. The van der Waals surface area contributed by atoms with Crippen molar-refractivity contribution in [2.75, 3.05) is 13.1 Å². The second kappa shape index (κ2) is 7.51. The number of likely N-dealkylation sites (tertiary alicyclic amines) is 1. The third kappa shape index (κ3) is 3.90. The van der Waals surface area contributed by atoms with E-state index in [9.17, 15) is 9.59 Å². The number of pyridine rings is 1. The molecule has 2 aromatic rings. The fraction of sp³-hybridized carbons (Fsp3) is 0.421. The van der Waals surface area contributed by atoms with Gasteiger partial charge in [-0.15, -0.1) is 0 Å². The molecule has 1 N–H and O–H groups in total. The highest BCUT2D eigenvalue weighted by molar-refractivity contribution is 5.95. The van der Waals surface area contributed by atoms with E-state index in [0.717, 1.165) is 12.8 Å². The number of nitrogens with one attached hydrogen (secondary N) is 1. The van der Waals surface area contributed by atoms with E-state index in [2.05, 4.69) is 10.3 Å². The molecule has 0 radical (unpaired) electrons. The molecule has 0 aromatic carbocycles. The lowest BCUT2D eigenvalue weighted by Crippen LogP contribution is -2.49. The number of amides is 2. The third-order valence-corrected chi connectivity index (χ3v) is 4.48. The van der Waals surface area contributed by atoms with Gasteiger partial charge in [0.1, 0.15) is 5.69 Å². The van der Waals surface area contributed by atoms with Crippen LogP contribution < -0.4 is 5.32 Å². The molecule has 2 aromatic heterocycles. The van der Waals surface area contributed by atoms with E-state index in [4.69, 9.17) is 4.42 Å². The number of rotatable bonds is 4. The highest BCUT2D eigenvalue weighted by atomic mass is 16.3. The molecular weight excluding hydrogens is 318 g/mol. The van der Waals surface area contributed by atoms with Crippen LogP contribution in [-0.4, -0.2) is 40.8 Å². The normalized spacial score (nSPS) is 17.4. The minimum atomic E-state index is -0.0357. The minimum absolute atomic E-state index is 0.0277. The standard InChI is InChI=1S/C19H23N3O3/c1-3-18(23)21-14-6-4-10-22(12-14)19(24)15-8-9-16(20-13(15)2)17-7-5-11-25-17/h5,7-9,11,14H,3-4,6,10,12H2,1-2H3,(H,21,23)/t14-/m0/s1. The average molecular weight is 341 g/mol. The van der Waals surface area contributed by atoms with Crippen molar-refractivity contribution in [3.8, 4) is 11.5 Å². The van der Waals surface area contributed by atoms with Gasteiger partial charge in [0.25, 0.3) is 5.91 Å². The molecule has 3 rings (SSSR count). The maximum absolute atomic E-state index is 12.9. The van der Waals surface area contributed by atoms with Crippen molar-refractivity contribution in [3.63, 3.8) is 0 Å². The smallest absolute Gasteiger partial charge is 0.255 e. The van der Waals surface area contributed by atoms with E-state index < -0.39 is 0 Å². The number of carbonyl (C=O) groups is 2. The Labute approximate surface area is 147 Å². The van der Waals surface area contributed by atoms with Crippen LogP contribution in [0.15, 0.2) is 34.9 Å². The molecule has 132 valence electrons. The fourth-order valence-electron chi connectivity index (χ4n) is 3.13. The minimum Gasteiger partial charge on any atom is -0.463 e. The number of hydrogen-bond donors (Lipinski definition) is 1. The number of carbonyl (C=O) groups excluding carboxylic acids is 2. The highest BCUT2D eigenvalue weighted by Gasteiger charge is 2.26. The Morgan fingerprint density at radius 2 is 2.20 bits per heavy atom. The number of aromatic nitrogens is 1. The van der Waals surface area contributed by atoms with Crippen LogP contribution in [0.1, 0.15) is 42.2 Å². The summed E-state index contributed by atoms with van der Waals surface area (Å²) in [7, 11) is 0. The molecule has 0 saturated carbocycles. The first-order valence-corrected chi connectivity index (χ1v) is 8.68. The van der Waals surface area contributed by atoms with Crippen molar-refractivity contribution in [1.29, 1.82) is 0 Å². The van der Waals surface area contributed by atoms with Gasteiger partial charge in [0, 0.05) is 25.6 Å². The van der Waals surface area contributed by atoms with E-state index in [1.54, 1.807) is 23.3 Å². The van der Waals surface area contributed by atoms with Crippen molar-refractivity contribution >= 4 is 11.8 Å². The number of furan rings is 1. The predicted octanol–water partition coefficient (Wildman–Crippen LogP) is 2.78. The summed E-state index contributed by atoms with van der Waals surface area (Å²) < 4.78 is 5.35. The molecule has 1 fully saturated rings. The van der Waals surface area contributed by atoms with E-state index in [1.165, 1.54) is 0 Å². The zero-order valence-electron chi connectivity index (χ0n) is 14.6. The lowest BCUT2D eigenvalue weighted by atomic mass is 10.0. The Kier molecular flexibility index (Phi) is 5.16. The summed E-state index contributed by atoms with van der Waals surface area (Å²) in [4.78, 5) is 30.8. The first kappa shape index (κ1) is 17.2. The molecule has 2 amide bonds. The maximum atomic E-state index is 12.9. The van der Waals surface area contributed by atoms with Crippen molar-refractivity contribution in [1.82, 2.24) is 15.2 Å². The van der Waals surface area contributed by atoms with Crippen LogP contribution in [0.25, 0.3) is 11.5 Å². The predicted molar refractivity (Wildman–Crippen MR) is 94.0 cm³/mol. The summed E-state index contributed by atoms with van der Waals surface area (Å²) in [5, 5.41) is 2.99. The summed E-state index contributed by atoms with van der Waals surface area (Å²) in [6.45, 7) is 4.91. The van der Waals surface area contributed by atoms with Gasteiger partial charge in [0.05, 0.1) is 17.5 Å². The molecule has 0 aliphatic carbocycles. The molecule has 25 heavy (non-hydrogen) atoms. The Balaban J connectivity index is 1.73. The Morgan fingerprint density at radius 1 is 1.36 bits per heavy atom. The molecule has 0 bridgehead atoms. The van der Waals surface area contributed by atoms with Crippen molar-refractivity contribution < 1.29 is 14.0 Å². The zero-order valence-corrected chi connectivity index (χ0v) is 14.6. The third-order valence-electron chi connectivity index (χ3n) is 4.48. The van der Waals surface area contributed by atoms with Crippen LogP contribution in [0.5, 0.6) is 0 Å². The lowest BCUT2D eigenvalue weighted by molar-refractivity contribution is -0.121. The first-order valence-electron chi connectivity index (χ1n) is 8.68. The van der Waals surface area contributed by atoms with Crippen molar-refractivity contribution in [3.05, 3.63) is 41.8 Å². The van der Waals surface area contributed by atoms with Gasteiger partial charge in [-0.05, 0) is 44.0 Å². The molecule has 1 atom stereocenters. The van der Waals surface area contributed by atoms with Crippen LogP contribution in [-0.2, 0) is 4.79 Å². The molecule has 6 heteroatoms. The molecule has 1 aliphatic heterocycles. The van der Waals surface area contributed by atoms with Gasteiger partial charge in [-0.3, -0.25) is 9.59 Å². The van der Waals surface area contributed by atoms with E-state index >= 15 is 0 Å². The Morgan fingerprint density at radius 3 is 2.88 bits per heavy atom. The van der Waals surface area contributed by atoms with Gasteiger partial charge in [0.2, 0.25) is 5.91 Å². The first-order chi connectivity index (χ1) is 12.1. The number of nitrogens with zero attached hydrogens (tertiary/aromatic N) is 2. The highest BCUT2D eigenvalue weighted by Crippen LogP contribution is 2.21. The second-order valence-electron chi connectivity index (χ2n) is 6.32. The van der Waals surface area contributed by atoms with Gasteiger partial charge >= 0.3 is 0 Å². The van der Waals surface area contributed by atoms with Crippen LogP contribution in [0.3, 0.4) is 0 Å². The summed E-state index contributed by atoms with van der Waals surface area (Å²) in [6, 6.07) is 7.29. The van der Waals surface area contributed by atoms with E-state index in [-0.39, 0.29) is 17.9 Å². The van der Waals surface area contributed by atoms with Crippen molar-refractivity contribution in [2.45, 2.75) is 39.2 Å². The molecule has 6 nitrogen and oxygen atoms in total. The van der Waals surface area contributed by atoms with Crippen LogP contribution in [0.2, 0.25) is 0 Å². The van der Waals surface area contributed by atoms with Crippen LogP contribution in [0, 0.1) is 6.92 Å². The van der Waals surface area contributed by atoms with E-state index in [0.29, 0.717) is 42.2 Å². The van der Waals surface area contributed by atoms with Gasteiger partial charge in [0.15, 0.2) is 5.76 Å². The molecule has 3 heterocycles. The lowest BCUT2D eigenvalue weighted by Gasteiger charge is -2.33. The SMILES string of the molecule is CCC(=O)N[C@H]1CCCN(C(=O)c2ccc(-c3ccco3)nc2C)C1. The van der Waals surface area contributed by atoms with Gasteiger partial charge in [-0.25, -0.2) is 4.98 Å². The van der Waals surface area contributed by atoms with Crippen molar-refractivity contribution in [2.24, 2.45) is 0 Å². The molecule has 1 saturated heterocycles. The topological polar surface area (TPSA) is 75.4 Å².